The fourth-order valence-electron chi connectivity index (χ4n) is 3.39. The summed E-state index contributed by atoms with van der Waals surface area (Å²) in [5, 5.41) is 5.10. The van der Waals surface area contributed by atoms with Gasteiger partial charge in [-0.05, 0) is 55.5 Å². The highest BCUT2D eigenvalue weighted by Gasteiger charge is 2.15. The number of rotatable bonds is 8. The van der Waals surface area contributed by atoms with Gasteiger partial charge in [-0.3, -0.25) is 14.2 Å². The van der Waals surface area contributed by atoms with E-state index in [1.165, 1.54) is 4.57 Å². The molecule has 0 spiro atoms. The molecule has 178 valence electrons. The van der Waals surface area contributed by atoms with Crippen molar-refractivity contribution in [3.8, 4) is 17.2 Å². The lowest BCUT2D eigenvalue weighted by Crippen LogP contribution is -2.24. The van der Waals surface area contributed by atoms with Gasteiger partial charge in [-0.1, -0.05) is 36.0 Å². The van der Waals surface area contributed by atoms with Gasteiger partial charge in [-0.2, -0.15) is 5.10 Å². The van der Waals surface area contributed by atoms with Crippen LogP contribution in [0.15, 0.2) is 87.8 Å². The third-order valence-corrected chi connectivity index (χ3v) is 6.18. The predicted octanol–water partition coefficient (Wildman–Crippen LogP) is 4.04. The van der Waals surface area contributed by atoms with Gasteiger partial charge in [0.1, 0.15) is 11.5 Å². The maximum atomic E-state index is 13.3. The zero-order valence-corrected chi connectivity index (χ0v) is 20.3. The minimum Gasteiger partial charge on any atom is -0.497 e. The van der Waals surface area contributed by atoms with Crippen LogP contribution in [0.3, 0.4) is 0 Å². The van der Waals surface area contributed by atoms with E-state index in [9.17, 15) is 9.59 Å². The first-order chi connectivity index (χ1) is 17.0. The molecule has 1 amide bonds. The highest BCUT2D eigenvalue weighted by atomic mass is 32.2. The van der Waals surface area contributed by atoms with Gasteiger partial charge in [0.15, 0.2) is 5.16 Å². The number of carbonyl (C=O) groups excluding carboxylic acids is 1. The minimum atomic E-state index is -0.319. The first kappa shape index (κ1) is 24.0. The molecule has 4 aromatic rings. The topological polar surface area (TPSA) is 94.8 Å². The molecular weight excluding hydrogens is 464 g/mol. The van der Waals surface area contributed by atoms with Crippen LogP contribution in [-0.4, -0.2) is 41.1 Å². The van der Waals surface area contributed by atoms with Crippen molar-refractivity contribution in [1.29, 1.82) is 0 Å². The smallest absolute Gasteiger partial charge is 0.266 e. The number of carbonyl (C=O) groups is 1. The molecule has 0 radical (unpaired) electrons. The number of aromatic nitrogens is 2. The molecule has 0 bridgehead atoms. The van der Waals surface area contributed by atoms with Crippen molar-refractivity contribution in [3.63, 3.8) is 0 Å². The summed E-state index contributed by atoms with van der Waals surface area (Å²) in [6, 6.07) is 21.7. The van der Waals surface area contributed by atoms with Crippen molar-refractivity contribution >= 4 is 34.3 Å². The summed E-state index contributed by atoms with van der Waals surface area (Å²) >= 11 is 1.16. The fraction of sp³-hybridized carbons (Fsp3) is 0.154. The van der Waals surface area contributed by atoms with E-state index < -0.39 is 0 Å². The van der Waals surface area contributed by atoms with E-state index in [4.69, 9.17) is 9.47 Å². The van der Waals surface area contributed by atoms with Crippen LogP contribution in [0.5, 0.6) is 11.5 Å². The summed E-state index contributed by atoms with van der Waals surface area (Å²) in [7, 11) is 3.17. The van der Waals surface area contributed by atoms with Gasteiger partial charge in [-0.25, -0.2) is 10.4 Å². The normalized spacial score (nSPS) is 11.3. The predicted molar refractivity (Wildman–Crippen MR) is 138 cm³/mol. The van der Waals surface area contributed by atoms with Gasteiger partial charge >= 0.3 is 0 Å². The van der Waals surface area contributed by atoms with Crippen molar-refractivity contribution in [2.24, 2.45) is 5.10 Å². The molecule has 0 fully saturated rings. The summed E-state index contributed by atoms with van der Waals surface area (Å²) in [5.41, 5.74) is 5.03. The van der Waals surface area contributed by atoms with Crippen LogP contribution >= 0.6 is 11.8 Å². The number of para-hydroxylation sites is 1. The third-order valence-electron chi connectivity index (χ3n) is 5.24. The van der Waals surface area contributed by atoms with E-state index in [0.717, 1.165) is 17.3 Å². The number of hydrogen-bond acceptors (Lipinski definition) is 7. The molecule has 1 N–H and O–H groups in total. The van der Waals surface area contributed by atoms with Gasteiger partial charge in [0.05, 0.1) is 42.3 Å². The summed E-state index contributed by atoms with van der Waals surface area (Å²) in [5.74, 6) is 1.09. The van der Waals surface area contributed by atoms with Gasteiger partial charge in [-0.15, -0.1) is 0 Å². The number of thioether (sulfide) groups is 1. The summed E-state index contributed by atoms with van der Waals surface area (Å²) in [6.45, 7) is 1.80. The standard InChI is InChI=1S/C26H24N4O4S/c1-17(18-7-6-8-21(15-18)34-3)28-29-24(31)16-35-26-27-23-10-5-4-9-22(23)25(32)30(26)19-11-13-20(33-2)14-12-19/h4-15H,16H2,1-3H3,(H,29,31)/b28-17+. The number of nitrogens with one attached hydrogen (secondary N) is 1. The molecule has 3 aromatic carbocycles. The number of hydrogen-bond donors (Lipinski definition) is 1. The Morgan fingerprint density at radius 1 is 1.00 bits per heavy atom. The Morgan fingerprint density at radius 2 is 1.74 bits per heavy atom. The number of amides is 1. The summed E-state index contributed by atoms with van der Waals surface area (Å²) in [6.07, 6.45) is 0. The molecule has 0 aliphatic heterocycles. The molecule has 0 aliphatic rings. The highest BCUT2D eigenvalue weighted by molar-refractivity contribution is 7.99. The van der Waals surface area contributed by atoms with Crippen molar-refractivity contribution in [1.82, 2.24) is 15.0 Å². The molecule has 0 unspecified atom stereocenters. The minimum absolute atomic E-state index is 0.0236. The first-order valence-electron chi connectivity index (χ1n) is 10.8. The van der Waals surface area contributed by atoms with Crippen molar-refractivity contribution in [2.75, 3.05) is 20.0 Å². The number of benzene rings is 3. The number of hydrazone groups is 1. The zero-order valence-electron chi connectivity index (χ0n) is 19.5. The largest absolute Gasteiger partial charge is 0.497 e. The molecule has 0 atom stereocenters. The van der Waals surface area contributed by atoms with E-state index >= 15 is 0 Å². The molecule has 8 nitrogen and oxygen atoms in total. The summed E-state index contributed by atoms with van der Waals surface area (Å²) < 4.78 is 12.0. The lowest BCUT2D eigenvalue weighted by molar-refractivity contribution is -0.118. The number of nitrogens with zero attached hydrogens (tertiary/aromatic N) is 3. The van der Waals surface area contributed by atoms with E-state index in [0.29, 0.717) is 39.0 Å². The Labute approximate surface area is 206 Å². The second-order valence-corrected chi connectivity index (χ2v) is 8.45. The molecule has 35 heavy (non-hydrogen) atoms. The Bertz CT molecular complexity index is 1450. The second-order valence-electron chi connectivity index (χ2n) is 7.50. The van der Waals surface area contributed by atoms with Crippen LogP contribution in [0.25, 0.3) is 16.6 Å². The van der Waals surface area contributed by atoms with Crippen molar-refractivity contribution in [2.45, 2.75) is 12.1 Å². The van der Waals surface area contributed by atoms with Crippen LogP contribution in [0.2, 0.25) is 0 Å². The monoisotopic (exact) mass is 488 g/mol. The molecule has 0 saturated heterocycles. The van der Waals surface area contributed by atoms with Crippen molar-refractivity contribution in [3.05, 3.63) is 88.7 Å². The quantitative estimate of drug-likeness (QED) is 0.174. The maximum absolute atomic E-state index is 13.3. The highest BCUT2D eigenvalue weighted by Crippen LogP contribution is 2.23. The SMILES string of the molecule is COc1ccc(-n2c(SCC(=O)N/N=C(\C)c3cccc(OC)c3)nc3ccccc3c2=O)cc1. The Hall–Kier alpha value is -4.11. The van der Waals surface area contributed by atoms with Gasteiger partial charge in [0.25, 0.3) is 11.5 Å². The van der Waals surface area contributed by atoms with Gasteiger partial charge in [0, 0.05) is 5.56 Å². The average Bonchev–Trinajstić information content (AvgIpc) is 2.90. The van der Waals surface area contributed by atoms with Crippen LogP contribution in [-0.2, 0) is 4.79 Å². The Balaban J connectivity index is 1.57. The van der Waals surface area contributed by atoms with E-state index in [1.807, 2.05) is 30.3 Å². The van der Waals surface area contributed by atoms with E-state index in [-0.39, 0.29) is 17.2 Å². The van der Waals surface area contributed by atoms with Crippen LogP contribution in [0.1, 0.15) is 12.5 Å². The van der Waals surface area contributed by atoms with E-state index in [1.54, 1.807) is 63.6 Å². The molecule has 1 aromatic heterocycles. The summed E-state index contributed by atoms with van der Waals surface area (Å²) in [4.78, 5) is 30.5. The van der Waals surface area contributed by atoms with Crippen LogP contribution in [0.4, 0.5) is 0 Å². The van der Waals surface area contributed by atoms with Crippen LogP contribution in [0, 0.1) is 0 Å². The molecule has 1 heterocycles. The number of methoxy groups -OCH3 is 2. The third kappa shape index (κ3) is 5.52. The molecule has 9 heteroatoms. The zero-order chi connectivity index (χ0) is 24.8. The fourth-order valence-corrected chi connectivity index (χ4v) is 4.19. The molecule has 0 aliphatic carbocycles. The first-order valence-corrected chi connectivity index (χ1v) is 11.8. The lowest BCUT2D eigenvalue weighted by Gasteiger charge is -2.13. The maximum Gasteiger partial charge on any atom is 0.266 e. The van der Waals surface area contributed by atoms with Gasteiger partial charge < -0.3 is 9.47 Å². The molecule has 4 rings (SSSR count). The van der Waals surface area contributed by atoms with E-state index in [2.05, 4.69) is 15.5 Å². The number of ether oxygens (including phenoxy) is 2. The Kier molecular flexibility index (Phi) is 7.47. The van der Waals surface area contributed by atoms with Crippen LogP contribution < -0.4 is 20.5 Å². The van der Waals surface area contributed by atoms with Gasteiger partial charge in [0.2, 0.25) is 0 Å². The van der Waals surface area contributed by atoms with Crippen molar-refractivity contribution < 1.29 is 14.3 Å². The molecule has 0 saturated carbocycles. The average molecular weight is 489 g/mol. The Morgan fingerprint density at radius 3 is 2.49 bits per heavy atom. The number of fused-ring (bicyclic) bond motifs is 1. The second kappa shape index (κ2) is 10.9. The lowest BCUT2D eigenvalue weighted by atomic mass is 10.1. The molecular formula is C26H24N4O4S.